The molecule has 9 unspecified atom stereocenters. The molecule has 256 valence electrons. The highest BCUT2D eigenvalue weighted by Crippen LogP contribution is 2.41. The highest BCUT2D eigenvalue weighted by molar-refractivity contribution is 6.31. The predicted molar refractivity (Wildman–Crippen MR) is 172 cm³/mol. The summed E-state index contributed by atoms with van der Waals surface area (Å²) >= 11 is 0. The van der Waals surface area contributed by atoms with Crippen LogP contribution in [-0.2, 0) is 4.79 Å². The Labute approximate surface area is 273 Å². The lowest BCUT2D eigenvalue weighted by molar-refractivity contribution is -0.116. The van der Waals surface area contributed by atoms with Crippen LogP contribution >= 0.6 is 0 Å². The van der Waals surface area contributed by atoms with E-state index in [1.807, 2.05) is 0 Å². The standard InChI is InChI=1S/C35H45NO11/c1-14-9-8-10-15(2)35(47)36-22-12-23(38)24-25(32(44)20(7)33(45)26(24)34(22)46)28(40)16(3)11-21(13-37)31(43)19(6)30(42)18(5)29(41)17(4)27(14)39/h8-12,14,17-19,21,27,29-31,37,39,41-45H,13H2,1-7H3,(H,36,47)/b9-8-,15-10-,16-11+. The minimum Gasteiger partial charge on any atom is -0.507 e. The molecule has 1 amide bonds. The average Bonchev–Trinajstić information content (AvgIpc) is 3.04. The SMILES string of the molecule is C/C1=C/C=C\C(C)C(O)C(C)C(O)C(C)C(O)C(C)C(O)C(CO)/C=C(\C)C(=O)c2c(O)c(C)c(O)c3c2C(=O)C=C(NC1=O)C3=O. The molecular formula is C35H45NO11. The van der Waals surface area contributed by atoms with Gasteiger partial charge in [0.25, 0.3) is 5.91 Å². The van der Waals surface area contributed by atoms with E-state index in [-0.39, 0.29) is 16.7 Å². The van der Waals surface area contributed by atoms with Gasteiger partial charge in [-0.3, -0.25) is 19.2 Å². The summed E-state index contributed by atoms with van der Waals surface area (Å²) in [6.45, 7) is 9.69. The molecule has 4 rings (SSSR count). The van der Waals surface area contributed by atoms with Crippen molar-refractivity contribution in [1.82, 2.24) is 5.32 Å². The molecular weight excluding hydrogens is 610 g/mol. The summed E-state index contributed by atoms with van der Waals surface area (Å²) in [4.78, 5) is 53.6. The van der Waals surface area contributed by atoms with Gasteiger partial charge in [0.15, 0.2) is 11.6 Å². The smallest absolute Gasteiger partial charge is 0.251 e. The molecule has 1 aliphatic carbocycles. The van der Waals surface area contributed by atoms with E-state index in [0.717, 1.165) is 6.08 Å². The third-order valence-electron chi connectivity index (χ3n) is 9.51. The molecule has 1 aromatic rings. The number of aliphatic hydroxyl groups excluding tert-OH is 5. The molecule has 0 aromatic heterocycles. The van der Waals surface area contributed by atoms with Crippen molar-refractivity contribution in [2.45, 2.75) is 72.9 Å². The van der Waals surface area contributed by atoms with Gasteiger partial charge in [-0.25, -0.2) is 0 Å². The van der Waals surface area contributed by atoms with Gasteiger partial charge in [-0.1, -0.05) is 52.0 Å². The molecule has 47 heavy (non-hydrogen) atoms. The molecule has 0 spiro atoms. The van der Waals surface area contributed by atoms with E-state index in [1.54, 1.807) is 26.8 Å². The number of fused-ring (bicyclic) bond motifs is 15. The third kappa shape index (κ3) is 7.31. The molecule has 9 atom stereocenters. The number of aromatic hydroxyl groups is 2. The zero-order chi connectivity index (χ0) is 35.7. The van der Waals surface area contributed by atoms with Crippen LogP contribution in [0.3, 0.4) is 0 Å². The van der Waals surface area contributed by atoms with Crippen molar-refractivity contribution in [2.24, 2.45) is 29.6 Å². The number of phenols is 2. The lowest BCUT2D eigenvalue weighted by Crippen LogP contribution is -2.46. The Balaban J connectivity index is 2.23. The van der Waals surface area contributed by atoms with Crippen molar-refractivity contribution in [1.29, 1.82) is 0 Å². The summed E-state index contributed by atoms with van der Waals surface area (Å²) < 4.78 is 0. The minimum atomic E-state index is -1.44. The number of hydrogen-bond donors (Lipinski definition) is 8. The van der Waals surface area contributed by atoms with Gasteiger partial charge in [0.05, 0.1) is 53.4 Å². The summed E-state index contributed by atoms with van der Waals surface area (Å²) in [5.74, 6) is -9.29. The lowest BCUT2D eigenvalue weighted by Gasteiger charge is -2.37. The minimum absolute atomic E-state index is 0.117. The third-order valence-corrected chi connectivity index (χ3v) is 9.51. The van der Waals surface area contributed by atoms with Crippen LogP contribution in [-0.4, -0.2) is 90.0 Å². The molecule has 2 aliphatic heterocycles. The molecule has 8 N–H and O–H groups in total. The summed E-state index contributed by atoms with van der Waals surface area (Å²) in [5.41, 5.74) is -2.50. The van der Waals surface area contributed by atoms with Crippen molar-refractivity contribution in [3.05, 3.63) is 69.5 Å². The Kier molecular flexibility index (Phi) is 11.9. The van der Waals surface area contributed by atoms with Gasteiger partial charge in [0.2, 0.25) is 5.78 Å². The molecule has 4 bridgehead atoms. The molecule has 1 aromatic carbocycles. The number of carbonyl (C=O) groups excluding carboxylic acids is 4. The Morgan fingerprint density at radius 2 is 1.21 bits per heavy atom. The maximum atomic E-state index is 13.8. The van der Waals surface area contributed by atoms with Crippen molar-refractivity contribution in [2.75, 3.05) is 6.61 Å². The number of nitrogens with one attached hydrogen (secondary N) is 1. The first-order chi connectivity index (χ1) is 21.9. The van der Waals surface area contributed by atoms with Gasteiger partial charge in [0, 0.05) is 46.8 Å². The maximum Gasteiger partial charge on any atom is 0.251 e. The number of benzene rings is 1. The van der Waals surface area contributed by atoms with E-state index < -0.39 is 118 Å². The fourth-order valence-corrected chi connectivity index (χ4v) is 6.11. The lowest BCUT2D eigenvalue weighted by atomic mass is 9.76. The molecule has 2 heterocycles. The zero-order valence-corrected chi connectivity index (χ0v) is 27.6. The quantitative estimate of drug-likeness (QED) is 0.219. The van der Waals surface area contributed by atoms with E-state index in [9.17, 15) is 54.9 Å². The Bertz CT molecular complexity index is 1570. The summed E-state index contributed by atoms with van der Waals surface area (Å²) in [6, 6.07) is 0. The van der Waals surface area contributed by atoms with Crippen LogP contribution in [0.4, 0.5) is 0 Å². The monoisotopic (exact) mass is 655 g/mol. The van der Waals surface area contributed by atoms with Crippen molar-refractivity contribution in [3.8, 4) is 11.5 Å². The highest BCUT2D eigenvalue weighted by atomic mass is 16.3. The zero-order valence-electron chi connectivity index (χ0n) is 27.6. The van der Waals surface area contributed by atoms with Gasteiger partial charge in [0.1, 0.15) is 11.5 Å². The predicted octanol–water partition coefficient (Wildman–Crippen LogP) is 2.03. The van der Waals surface area contributed by atoms with E-state index in [0.29, 0.717) is 0 Å². The molecule has 0 saturated carbocycles. The number of rotatable bonds is 1. The van der Waals surface area contributed by atoms with Crippen LogP contribution in [0.1, 0.15) is 78.2 Å². The average molecular weight is 656 g/mol. The van der Waals surface area contributed by atoms with Crippen LogP contribution in [0.25, 0.3) is 0 Å². The van der Waals surface area contributed by atoms with Crippen molar-refractivity contribution >= 4 is 23.3 Å². The normalized spacial score (nSPS) is 34.6. The highest BCUT2D eigenvalue weighted by Gasteiger charge is 2.40. The summed E-state index contributed by atoms with van der Waals surface area (Å²) in [5, 5.41) is 78.6. The number of aliphatic hydroxyl groups is 5. The van der Waals surface area contributed by atoms with E-state index >= 15 is 0 Å². The van der Waals surface area contributed by atoms with E-state index in [1.165, 1.54) is 45.9 Å². The summed E-state index contributed by atoms with van der Waals surface area (Å²) in [7, 11) is 0. The molecule has 0 radical (unpaired) electrons. The van der Waals surface area contributed by atoms with Crippen LogP contribution in [0.15, 0.2) is 47.2 Å². The topological polar surface area (TPSA) is 222 Å². The maximum absolute atomic E-state index is 13.8. The second kappa shape index (κ2) is 14.9. The van der Waals surface area contributed by atoms with Crippen LogP contribution in [0, 0.1) is 36.5 Å². The number of carbonyl (C=O) groups is 4. The fraction of sp³-hybridized carbons (Fsp3) is 0.486. The van der Waals surface area contributed by atoms with Gasteiger partial charge >= 0.3 is 0 Å². The van der Waals surface area contributed by atoms with Crippen molar-refractivity contribution < 1.29 is 54.9 Å². The van der Waals surface area contributed by atoms with Crippen molar-refractivity contribution in [3.63, 3.8) is 0 Å². The van der Waals surface area contributed by atoms with E-state index in [2.05, 4.69) is 5.32 Å². The van der Waals surface area contributed by atoms with Gasteiger partial charge in [-0.2, -0.15) is 0 Å². The number of Topliss-reactive ketones (excluding diaryl/α,β-unsaturated/α-hetero) is 2. The first-order valence-electron chi connectivity index (χ1n) is 15.5. The van der Waals surface area contributed by atoms with Crippen LogP contribution in [0.2, 0.25) is 0 Å². The first-order valence-corrected chi connectivity index (χ1v) is 15.5. The van der Waals surface area contributed by atoms with Gasteiger partial charge in [-0.05, 0) is 26.3 Å². The molecule has 0 fully saturated rings. The first kappa shape index (κ1) is 37.5. The number of hydrogen-bond acceptors (Lipinski definition) is 11. The number of allylic oxidation sites excluding steroid dienone is 5. The number of ketones is 3. The largest absolute Gasteiger partial charge is 0.507 e. The molecule has 0 saturated heterocycles. The molecule has 12 heteroatoms. The van der Waals surface area contributed by atoms with Crippen LogP contribution in [0.5, 0.6) is 11.5 Å². The number of phenolic OH excluding ortho intramolecular Hbond substituents is 2. The second-order valence-electron chi connectivity index (χ2n) is 12.8. The molecule has 12 nitrogen and oxygen atoms in total. The Morgan fingerprint density at radius 1 is 0.702 bits per heavy atom. The van der Waals surface area contributed by atoms with Gasteiger partial charge in [-0.15, -0.1) is 0 Å². The van der Waals surface area contributed by atoms with Crippen LogP contribution < -0.4 is 5.32 Å². The number of amides is 1. The van der Waals surface area contributed by atoms with Gasteiger partial charge < -0.3 is 41.1 Å². The van der Waals surface area contributed by atoms with E-state index in [4.69, 9.17) is 0 Å². The molecule has 3 aliphatic rings. The fourth-order valence-electron chi connectivity index (χ4n) is 6.11. The Morgan fingerprint density at radius 3 is 1.77 bits per heavy atom. The Hall–Kier alpha value is -3.94. The summed E-state index contributed by atoms with van der Waals surface area (Å²) in [6.07, 6.45) is 1.49. The second-order valence-corrected chi connectivity index (χ2v) is 12.8.